The normalized spacial score (nSPS) is 14.7. The van der Waals surface area contributed by atoms with E-state index in [-0.39, 0.29) is 5.91 Å². The number of nitrogens with one attached hydrogen (secondary N) is 2. The van der Waals surface area contributed by atoms with Gasteiger partial charge in [0.1, 0.15) is 0 Å². The van der Waals surface area contributed by atoms with Crippen LogP contribution in [0.5, 0.6) is 0 Å². The third-order valence-corrected chi connectivity index (χ3v) is 5.78. The van der Waals surface area contributed by atoms with E-state index >= 15 is 0 Å². The summed E-state index contributed by atoms with van der Waals surface area (Å²) in [7, 11) is 2.17. The van der Waals surface area contributed by atoms with Gasteiger partial charge in [0.05, 0.1) is 4.88 Å². The summed E-state index contributed by atoms with van der Waals surface area (Å²) in [5.74, 6) is -0.0739. The van der Waals surface area contributed by atoms with Crippen molar-refractivity contribution < 1.29 is 4.79 Å². The Kier molecular flexibility index (Phi) is 5.60. The molecule has 2 N–H and O–H groups in total. The predicted molar refractivity (Wildman–Crippen MR) is 118 cm³/mol. The van der Waals surface area contributed by atoms with Gasteiger partial charge in [-0.05, 0) is 67.0 Å². The molecule has 1 aromatic heterocycles. The molecule has 0 atom stereocenters. The minimum Gasteiger partial charge on any atom is -0.369 e. The van der Waals surface area contributed by atoms with E-state index in [1.807, 2.05) is 41.8 Å². The molecule has 0 saturated carbocycles. The van der Waals surface area contributed by atoms with Crippen LogP contribution in [-0.4, -0.2) is 44.0 Å². The first-order chi connectivity index (χ1) is 13.7. The zero-order chi connectivity index (χ0) is 19.3. The second-order valence-corrected chi connectivity index (χ2v) is 7.92. The third-order valence-electron chi connectivity index (χ3n) is 4.91. The number of piperazine rings is 1. The van der Waals surface area contributed by atoms with Gasteiger partial charge >= 0.3 is 0 Å². The monoisotopic (exact) mass is 392 g/mol. The first kappa shape index (κ1) is 18.5. The first-order valence-electron chi connectivity index (χ1n) is 9.43. The van der Waals surface area contributed by atoms with Crippen molar-refractivity contribution >= 4 is 40.0 Å². The number of carbonyl (C=O) groups excluding carboxylic acids is 1. The van der Waals surface area contributed by atoms with Crippen LogP contribution in [0.2, 0.25) is 0 Å². The Balaban J connectivity index is 1.34. The Morgan fingerprint density at radius 2 is 1.46 bits per heavy atom. The minimum atomic E-state index is -0.0739. The molecule has 1 aliphatic rings. The highest BCUT2D eigenvalue weighted by Crippen LogP contribution is 2.23. The summed E-state index contributed by atoms with van der Waals surface area (Å²) in [5.41, 5.74) is 4.09. The maximum atomic E-state index is 12.1. The minimum absolute atomic E-state index is 0.0739. The number of thiophene rings is 1. The lowest BCUT2D eigenvalue weighted by Gasteiger charge is -2.34. The molecular formula is C22H24N4OS. The van der Waals surface area contributed by atoms with Crippen molar-refractivity contribution in [1.82, 2.24) is 4.90 Å². The van der Waals surface area contributed by atoms with E-state index < -0.39 is 0 Å². The summed E-state index contributed by atoms with van der Waals surface area (Å²) >= 11 is 1.44. The van der Waals surface area contributed by atoms with Crippen molar-refractivity contribution in [3.8, 4) is 0 Å². The van der Waals surface area contributed by atoms with Crippen LogP contribution in [0.3, 0.4) is 0 Å². The SMILES string of the molecule is CN1CCN(c2ccc(Nc3ccc(NC(=O)c4cccs4)cc3)cc2)CC1. The highest BCUT2D eigenvalue weighted by Gasteiger charge is 2.14. The van der Waals surface area contributed by atoms with Crippen molar-refractivity contribution in [2.75, 3.05) is 48.8 Å². The Morgan fingerprint density at radius 1 is 0.857 bits per heavy atom. The fourth-order valence-corrected chi connectivity index (χ4v) is 3.84. The molecule has 2 heterocycles. The molecule has 1 saturated heterocycles. The van der Waals surface area contributed by atoms with E-state index in [4.69, 9.17) is 0 Å². The average molecular weight is 393 g/mol. The topological polar surface area (TPSA) is 47.6 Å². The molecule has 0 bridgehead atoms. The van der Waals surface area contributed by atoms with Crippen LogP contribution in [-0.2, 0) is 0 Å². The van der Waals surface area contributed by atoms with Gasteiger partial charge in [0.15, 0.2) is 0 Å². The van der Waals surface area contributed by atoms with Crippen molar-refractivity contribution in [2.45, 2.75) is 0 Å². The van der Waals surface area contributed by atoms with Crippen molar-refractivity contribution in [1.29, 1.82) is 0 Å². The van der Waals surface area contributed by atoms with Gasteiger partial charge in [-0.2, -0.15) is 0 Å². The molecule has 0 radical (unpaired) electrons. The molecule has 0 unspecified atom stereocenters. The van der Waals surface area contributed by atoms with Crippen LogP contribution in [0.4, 0.5) is 22.7 Å². The molecule has 6 heteroatoms. The molecule has 28 heavy (non-hydrogen) atoms. The number of likely N-dealkylation sites (N-methyl/N-ethyl adjacent to an activating group) is 1. The second-order valence-electron chi connectivity index (χ2n) is 6.97. The lowest BCUT2D eigenvalue weighted by atomic mass is 10.2. The largest absolute Gasteiger partial charge is 0.369 e. The average Bonchev–Trinajstić information content (AvgIpc) is 3.26. The van der Waals surface area contributed by atoms with E-state index in [0.717, 1.165) is 43.2 Å². The summed E-state index contributed by atoms with van der Waals surface area (Å²) in [4.78, 5) is 17.6. The number of hydrogen-bond acceptors (Lipinski definition) is 5. The van der Waals surface area contributed by atoms with E-state index in [0.29, 0.717) is 4.88 Å². The molecule has 1 fully saturated rings. The van der Waals surface area contributed by atoms with Crippen molar-refractivity contribution in [3.05, 3.63) is 70.9 Å². The molecule has 5 nitrogen and oxygen atoms in total. The number of hydrogen-bond donors (Lipinski definition) is 2. The van der Waals surface area contributed by atoms with E-state index in [2.05, 4.69) is 51.7 Å². The number of anilines is 4. The lowest BCUT2D eigenvalue weighted by Crippen LogP contribution is -2.44. The summed E-state index contributed by atoms with van der Waals surface area (Å²) < 4.78 is 0. The van der Waals surface area contributed by atoms with Crippen LogP contribution in [0.25, 0.3) is 0 Å². The fourth-order valence-electron chi connectivity index (χ4n) is 3.22. The summed E-state index contributed by atoms with van der Waals surface area (Å²) in [6.07, 6.45) is 0. The van der Waals surface area contributed by atoms with Gasteiger partial charge in [-0.25, -0.2) is 0 Å². The first-order valence-corrected chi connectivity index (χ1v) is 10.3. The van der Waals surface area contributed by atoms with Gasteiger partial charge in [-0.15, -0.1) is 11.3 Å². The molecule has 0 aliphatic carbocycles. The van der Waals surface area contributed by atoms with E-state index in [1.54, 1.807) is 0 Å². The molecule has 3 aromatic rings. The van der Waals surface area contributed by atoms with Gasteiger partial charge in [0.25, 0.3) is 5.91 Å². The Morgan fingerprint density at radius 3 is 2.07 bits per heavy atom. The number of nitrogens with zero attached hydrogens (tertiary/aromatic N) is 2. The van der Waals surface area contributed by atoms with Crippen molar-refractivity contribution in [2.24, 2.45) is 0 Å². The molecule has 1 amide bonds. The molecule has 1 aliphatic heterocycles. The number of amides is 1. The van der Waals surface area contributed by atoms with Crippen LogP contribution >= 0.6 is 11.3 Å². The Bertz CT molecular complexity index is 899. The molecular weight excluding hydrogens is 368 g/mol. The zero-order valence-corrected chi connectivity index (χ0v) is 16.7. The second kappa shape index (κ2) is 8.46. The Hall–Kier alpha value is -2.83. The highest BCUT2D eigenvalue weighted by molar-refractivity contribution is 7.12. The van der Waals surface area contributed by atoms with Gasteiger partial charge < -0.3 is 20.4 Å². The summed E-state index contributed by atoms with van der Waals surface area (Å²) in [6.45, 7) is 4.36. The molecule has 0 spiro atoms. The maximum absolute atomic E-state index is 12.1. The highest BCUT2D eigenvalue weighted by atomic mass is 32.1. The fraction of sp³-hybridized carbons (Fsp3) is 0.227. The predicted octanol–water partition coefficient (Wildman–Crippen LogP) is 4.50. The summed E-state index contributed by atoms with van der Waals surface area (Å²) in [5, 5.41) is 8.23. The van der Waals surface area contributed by atoms with Gasteiger partial charge in [0.2, 0.25) is 0 Å². The van der Waals surface area contributed by atoms with Crippen LogP contribution in [0.1, 0.15) is 9.67 Å². The van der Waals surface area contributed by atoms with E-state index in [9.17, 15) is 4.79 Å². The molecule has 4 rings (SSSR count). The van der Waals surface area contributed by atoms with Crippen LogP contribution < -0.4 is 15.5 Å². The molecule has 2 aromatic carbocycles. The number of rotatable bonds is 5. The lowest BCUT2D eigenvalue weighted by molar-refractivity contribution is 0.103. The van der Waals surface area contributed by atoms with Crippen LogP contribution in [0, 0.1) is 0 Å². The smallest absolute Gasteiger partial charge is 0.265 e. The van der Waals surface area contributed by atoms with Gasteiger partial charge in [-0.3, -0.25) is 4.79 Å². The third kappa shape index (κ3) is 4.52. The van der Waals surface area contributed by atoms with Crippen LogP contribution in [0.15, 0.2) is 66.0 Å². The number of benzene rings is 2. The van der Waals surface area contributed by atoms with Gasteiger partial charge in [-0.1, -0.05) is 6.07 Å². The van der Waals surface area contributed by atoms with Crippen molar-refractivity contribution in [3.63, 3.8) is 0 Å². The zero-order valence-electron chi connectivity index (χ0n) is 15.9. The summed E-state index contributed by atoms with van der Waals surface area (Å²) in [6, 6.07) is 20.0. The Labute approximate surface area is 169 Å². The molecule has 144 valence electrons. The quantitative estimate of drug-likeness (QED) is 0.671. The van der Waals surface area contributed by atoms with Gasteiger partial charge in [0, 0.05) is 48.9 Å². The number of carbonyl (C=O) groups is 1. The standard InChI is InChI=1S/C22H24N4OS/c1-25-12-14-26(15-13-25)20-10-8-18(9-11-20)23-17-4-6-19(7-5-17)24-22(27)21-3-2-16-28-21/h2-11,16,23H,12-15H2,1H3,(H,24,27). The maximum Gasteiger partial charge on any atom is 0.265 e. The van der Waals surface area contributed by atoms with E-state index in [1.165, 1.54) is 17.0 Å².